The monoisotopic (exact) mass is 463 g/mol. The summed E-state index contributed by atoms with van der Waals surface area (Å²) in [6, 6.07) is 23.5. The average Bonchev–Trinajstić information content (AvgIpc) is 3.33. The third-order valence-corrected chi connectivity index (χ3v) is 6.44. The molecule has 2 aliphatic rings. The summed E-state index contributed by atoms with van der Waals surface area (Å²) in [5, 5.41) is 3.66. The SMILES string of the molecule is O=C(NC[C@@H](c1ccc2c(c1)OCO2)N1CCN(c2ccccc2)CC1)c1cccc(Cl)c1. The van der Waals surface area contributed by atoms with Gasteiger partial charge >= 0.3 is 0 Å². The van der Waals surface area contributed by atoms with Crippen molar-refractivity contribution in [3.8, 4) is 11.5 Å². The van der Waals surface area contributed by atoms with Crippen molar-refractivity contribution in [1.29, 1.82) is 0 Å². The largest absolute Gasteiger partial charge is 0.454 e. The molecule has 1 saturated heterocycles. The van der Waals surface area contributed by atoms with Crippen molar-refractivity contribution < 1.29 is 14.3 Å². The van der Waals surface area contributed by atoms with Crippen molar-refractivity contribution >= 4 is 23.2 Å². The number of piperazine rings is 1. The highest BCUT2D eigenvalue weighted by Gasteiger charge is 2.27. The van der Waals surface area contributed by atoms with Gasteiger partial charge in [0.1, 0.15) is 0 Å². The molecule has 33 heavy (non-hydrogen) atoms. The summed E-state index contributed by atoms with van der Waals surface area (Å²) >= 11 is 6.07. The lowest BCUT2D eigenvalue weighted by Gasteiger charge is -2.40. The van der Waals surface area contributed by atoms with E-state index < -0.39 is 0 Å². The Morgan fingerprint density at radius 3 is 2.48 bits per heavy atom. The molecule has 170 valence electrons. The number of nitrogens with one attached hydrogen (secondary N) is 1. The number of halogens is 1. The van der Waals surface area contributed by atoms with Crippen LogP contribution in [0.15, 0.2) is 72.8 Å². The van der Waals surface area contributed by atoms with Crippen LogP contribution in [0.3, 0.4) is 0 Å². The highest BCUT2D eigenvalue weighted by atomic mass is 35.5. The van der Waals surface area contributed by atoms with Crippen LogP contribution in [-0.4, -0.2) is 50.3 Å². The standard InChI is InChI=1S/C26H26ClN3O3/c27-21-6-4-5-20(15-21)26(31)28-17-23(19-9-10-24-25(16-19)33-18-32-24)30-13-11-29(12-14-30)22-7-2-1-3-8-22/h1-10,15-16,23H,11-14,17-18H2,(H,28,31)/t23-/m0/s1. The van der Waals surface area contributed by atoms with Crippen molar-refractivity contribution in [2.45, 2.75) is 6.04 Å². The lowest BCUT2D eigenvalue weighted by atomic mass is 10.0. The van der Waals surface area contributed by atoms with Crippen LogP contribution in [0.4, 0.5) is 5.69 Å². The fourth-order valence-electron chi connectivity index (χ4n) is 4.43. The van der Waals surface area contributed by atoms with Gasteiger partial charge in [-0.25, -0.2) is 0 Å². The molecule has 0 aliphatic carbocycles. The Hall–Kier alpha value is -3.22. The number of para-hydroxylation sites is 1. The second kappa shape index (κ2) is 9.73. The van der Waals surface area contributed by atoms with Gasteiger partial charge in [0, 0.05) is 49.0 Å². The molecular weight excluding hydrogens is 438 g/mol. The Morgan fingerprint density at radius 1 is 0.909 bits per heavy atom. The third-order valence-electron chi connectivity index (χ3n) is 6.20. The molecule has 0 spiro atoms. The van der Waals surface area contributed by atoms with Gasteiger partial charge in [0.05, 0.1) is 6.04 Å². The van der Waals surface area contributed by atoms with Gasteiger partial charge in [0.25, 0.3) is 5.91 Å². The molecule has 2 aliphatic heterocycles. The summed E-state index contributed by atoms with van der Waals surface area (Å²) in [4.78, 5) is 17.6. The first-order chi connectivity index (χ1) is 16.2. The number of benzene rings is 3. The van der Waals surface area contributed by atoms with E-state index in [0.29, 0.717) is 17.1 Å². The molecule has 1 atom stereocenters. The Morgan fingerprint density at radius 2 is 1.70 bits per heavy atom. The van der Waals surface area contributed by atoms with Crippen molar-refractivity contribution in [3.63, 3.8) is 0 Å². The summed E-state index contributed by atoms with van der Waals surface area (Å²) in [7, 11) is 0. The Bertz CT molecular complexity index is 1120. The van der Waals surface area contributed by atoms with E-state index in [0.717, 1.165) is 43.2 Å². The lowest BCUT2D eigenvalue weighted by molar-refractivity contribution is 0.0930. The van der Waals surface area contributed by atoms with E-state index in [2.05, 4.69) is 45.4 Å². The summed E-state index contributed by atoms with van der Waals surface area (Å²) in [6.45, 7) is 4.35. The van der Waals surface area contributed by atoms with Crippen LogP contribution in [0, 0.1) is 0 Å². The topological polar surface area (TPSA) is 54.0 Å². The van der Waals surface area contributed by atoms with Gasteiger partial charge in [0.2, 0.25) is 6.79 Å². The number of amides is 1. The minimum Gasteiger partial charge on any atom is -0.454 e. The van der Waals surface area contributed by atoms with Gasteiger partial charge in [-0.05, 0) is 48.0 Å². The first kappa shape index (κ1) is 21.6. The van der Waals surface area contributed by atoms with Crippen LogP contribution in [-0.2, 0) is 0 Å². The number of rotatable bonds is 6. The molecule has 3 aromatic carbocycles. The van der Waals surface area contributed by atoms with Crippen LogP contribution in [0.25, 0.3) is 0 Å². The molecule has 2 heterocycles. The molecule has 0 aromatic heterocycles. The van der Waals surface area contributed by atoms with E-state index in [1.54, 1.807) is 24.3 Å². The average molecular weight is 464 g/mol. The zero-order chi connectivity index (χ0) is 22.6. The van der Waals surface area contributed by atoms with Gasteiger partial charge in [-0.3, -0.25) is 9.69 Å². The summed E-state index contributed by atoms with van der Waals surface area (Å²) in [5.41, 5.74) is 2.89. The van der Waals surface area contributed by atoms with Crippen LogP contribution >= 0.6 is 11.6 Å². The van der Waals surface area contributed by atoms with E-state index in [4.69, 9.17) is 21.1 Å². The maximum Gasteiger partial charge on any atom is 0.251 e. The minimum absolute atomic E-state index is 0.0144. The number of carbonyl (C=O) groups is 1. The molecule has 7 heteroatoms. The van der Waals surface area contributed by atoms with E-state index in [9.17, 15) is 4.79 Å². The van der Waals surface area contributed by atoms with E-state index in [1.807, 2.05) is 18.2 Å². The maximum atomic E-state index is 12.8. The number of anilines is 1. The number of nitrogens with zero attached hydrogens (tertiary/aromatic N) is 2. The number of hydrogen-bond donors (Lipinski definition) is 1. The van der Waals surface area contributed by atoms with E-state index >= 15 is 0 Å². The van der Waals surface area contributed by atoms with Crippen molar-refractivity contribution in [2.24, 2.45) is 0 Å². The molecule has 1 amide bonds. The van der Waals surface area contributed by atoms with Crippen LogP contribution in [0.1, 0.15) is 22.0 Å². The van der Waals surface area contributed by atoms with Crippen molar-refractivity contribution in [2.75, 3.05) is 44.4 Å². The molecule has 1 fully saturated rings. The van der Waals surface area contributed by atoms with E-state index in [1.165, 1.54) is 5.69 Å². The highest BCUT2D eigenvalue weighted by molar-refractivity contribution is 6.30. The molecule has 5 rings (SSSR count). The molecule has 0 radical (unpaired) electrons. The van der Waals surface area contributed by atoms with Crippen molar-refractivity contribution in [1.82, 2.24) is 10.2 Å². The van der Waals surface area contributed by atoms with Gasteiger partial charge in [-0.2, -0.15) is 0 Å². The molecule has 0 bridgehead atoms. The van der Waals surface area contributed by atoms with Gasteiger partial charge < -0.3 is 19.7 Å². The number of carbonyl (C=O) groups excluding carboxylic acids is 1. The molecule has 1 N–H and O–H groups in total. The van der Waals surface area contributed by atoms with Gasteiger partial charge in [-0.15, -0.1) is 0 Å². The number of fused-ring (bicyclic) bond motifs is 1. The molecule has 3 aromatic rings. The first-order valence-corrected chi connectivity index (χ1v) is 11.5. The van der Waals surface area contributed by atoms with E-state index in [-0.39, 0.29) is 18.7 Å². The second-order valence-electron chi connectivity index (χ2n) is 8.21. The van der Waals surface area contributed by atoms with Crippen molar-refractivity contribution in [3.05, 3.63) is 88.9 Å². The highest BCUT2D eigenvalue weighted by Crippen LogP contribution is 2.35. The summed E-state index contributed by atoms with van der Waals surface area (Å²) in [5.74, 6) is 1.38. The Labute approximate surface area is 198 Å². The minimum atomic E-state index is -0.133. The fourth-order valence-corrected chi connectivity index (χ4v) is 4.62. The fraction of sp³-hybridized carbons (Fsp3) is 0.269. The molecular formula is C26H26ClN3O3. The predicted octanol–water partition coefficient (Wildman–Crippen LogP) is 4.36. The Kier molecular flexibility index (Phi) is 6.37. The second-order valence-corrected chi connectivity index (χ2v) is 8.64. The summed E-state index contributed by atoms with van der Waals surface area (Å²) in [6.07, 6.45) is 0. The Balaban J connectivity index is 1.32. The van der Waals surface area contributed by atoms with Crippen LogP contribution in [0.5, 0.6) is 11.5 Å². The predicted molar refractivity (Wildman–Crippen MR) is 129 cm³/mol. The van der Waals surface area contributed by atoms with Gasteiger partial charge in [-0.1, -0.05) is 41.9 Å². The zero-order valence-electron chi connectivity index (χ0n) is 18.2. The molecule has 6 nitrogen and oxygen atoms in total. The molecule has 0 saturated carbocycles. The third kappa shape index (κ3) is 4.92. The lowest BCUT2D eigenvalue weighted by Crippen LogP contribution is -2.50. The first-order valence-electron chi connectivity index (χ1n) is 11.1. The van der Waals surface area contributed by atoms with Gasteiger partial charge in [0.15, 0.2) is 11.5 Å². The van der Waals surface area contributed by atoms with Crippen LogP contribution in [0.2, 0.25) is 5.02 Å². The maximum absolute atomic E-state index is 12.8. The normalized spacial score (nSPS) is 16.5. The van der Waals surface area contributed by atoms with Crippen LogP contribution < -0.4 is 19.7 Å². The molecule has 0 unspecified atom stereocenters. The number of hydrogen-bond acceptors (Lipinski definition) is 5. The zero-order valence-corrected chi connectivity index (χ0v) is 19.0. The number of ether oxygens (including phenoxy) is 2. The summed E-state index contributed by atoms with van der Waals surface area (Å²) < 4.78 is 11.1. The quantitative estimate of drug-likeness (QED) is 0.588. The smallest absolute Gasteiger partial charge is 0.251 e.